The molecule has 0 radical (unpaired) electrons. The highest BCUT2D eigenvalue weighted by Crippen LogP contribution is 2.43. The van der Waals surface area contributed by atoms with Crippen LogP contribution in [0.15, 0.2) is 30.5 Å². The van der Waals surface area contributed by atoms with Crippen molar-refractivity contribution in [3.05, 3.63) is 68.1 Å². The van der Waals surface area contributed by atoms with Crippen LogP contribution < -0.4 is 0 Å². The van der Waals surface area contributed by atoms with Gasteiger partial charge in [0.05, 0.1) is 22.1 Å². The summed E-state index contributed by atoms with van der Waals surface area (Å²) in [7, 11) is 0. The van der Waals surface area contributed by atoms with E-state index in [1.165, 1.54) is 19.1 Å². The molecule has 34 heavy (non-hydrogen) atoms. The van der Waals surface area contributed by atoms with Gasteiger partial charge in [0.15, 0.2) is 5.82 Å². The maximum Gasteiger partial charge on any atom is 0.461 e. The Morgan fingerprint density at radius 3 is 2.24 bits per heavy atom. The minimum Gasteiger partial charge on any atom is -0.258 e. The second-order valence-electron chi connectivity index (χ2n) is 6.92. The molecule has 16 heteroatoms. The van der Waals surface area contributed by atoms with Crippen LogP contribution in [-0.4, -0.2) is 30.8 Å². The molecule has 3 rings (SSSR count). The molecule has 0 atom stereocenters. The first-order valence-electron chi connectivity index (χ1n) is 8.89. The molecule has 1 aromatic carbocycles. The summed E-state index contributed by atoms with van der Waals surface area (Å²) in [4.78, 5) is 16.9. The quantitative estimate of drug-likeness (QED) is 0.239. The van der Waals surface area contributed by atoms with E-state index in [1.54, 1.807) is 0 Å². The van der Waals surface area contributed by atoms with Gasteiger partial charge in [0.2, 0.25) is 5.82 Å². The lowest BCUT2D eigenvalue weighted by molar-refractivity contribution is -0.385. The van der Waals surface area contributed by atoms with Gasteiger partial charge in [-0.3, -0.25) is 15.1 Å². The standard InChI is InChI=1S/C18H10ClF8N5O2/c1-8-4-9(2-3-12(8)32(33)34)7-31-14(29-15(30-31)16(20,21)18(25,26)27)13-11(19)5-10(6-28-13)17(22,23)24/h2-6H,7H2,1H3. The molecule has 0 unspecified atom stereocenters. The molecule has 0 bridgehead atoms. The first-order valence-corrected chi connectivity index (χ1v) is 9.27. The van der Waals surface area contributed by atoms with Crippen LogP contribution in [0.25, 0.3) is 11.5 Å². The van der Waals surface area contributed by atoms with Gasteiger partial charge in [-0.15, -0.1) is 5.10 Å². The number of hydrogen-bond acceptors (Lipinski definition) is 5. The molecule has 182 valence electrons. The molecule has 0 aliphatic rings. The summed E-state index contributed by atoms with van der Waals surface area (Å²) in [5.41, 5.74) is -1.88. The Bertz CT molecular complexity index is 1260. The Morgan fingerprint density at radius 1 is 1.09 bits per heavy atom. The number of aromatic nitrogens is 4. The summed E-state index contributed by atoms with van der Waals surface area (Å²) < 4.78 is 106. The summed E-state index contributed by atoms with van der Waals surface area (Å²) >= 11 is 5.81. The number of benzene rings is 1. The van der Waals surface area contributed by atoms with Crippen LogP contribution in [0.4, 0.5) is 40.8 Å². The van der Waals surface area contributed by atoms with E-state index in [9.17, 15) is 45.2 Å². The van der Waals surface area contributed by atoms with E-state index in [2.05, 4.69) is 15.1 Å². The highest BCUT2D eigenvalue weighted by Gasteiger charge is 2.62. The van der Waals surface area contributed by atoms with Crippen molar-refractivity contribution in [1.82, 2.24) is 19.7 Å². The number of nitrogens with zero attached hydrogens (tertiary/aromatic N) is 5. The maximum absolute atomic E-state index is 13.9. The maximum atomic E-state index is 13.9. The summed E-state index contributed by atoms with van der Waals surface area (Å²) in [6.07, 6.45) is -10.6. The minimum atomic E-state index is -6.07. The second kappa shape index (κ2) is 8.45. The Morgan fingerprint density at radius 2 is 1.74 bits per heavy atom. The third-order valence-electron chi connectivity index (χ3n) is 4.48. The Labute approximate surface area is 189 Å². The largest absolute Gasteiger partial charge is 0.461 e. The van der Waals surface area contributed by atoms with Crippen LogP contribution in [0.1, 0.15) is 22.5 Å². The van der Waals surface area contributed by atoms with Crippen molar-refractivity contribution in [3.63, 3.8) is 0 Å². The lowest BCUT2D eigenvalue weighted by atomic mass is 10.1. The van der Waals surface area contributed by atoms with Crippen molar-refractivity contribution < 1.29 is 40.0 Å². The lowest BCUT2D eigenvalue weighted by Crippen LogP contribution is -2.35. The fourth-order valence-electron chi connectivity index (χ4n) is 2.84. The number of alkyl halides is 8. The van der Waals surface area contributed by atoms with Crippen LogP contribution in [0.5, 0.6) is 0 Å². The normalized spacial score (nSPS) is 12.8. The summed E-state index contributed by atoms with van der Waals surface area (Å²) in [5.74, 6) is -8.25. The summed E-state index contributed by atoms with van der Waals surface area (Å²) in [6.45, 7) is 0.829. The van der Waals surface area contributed by atoms with Gasteiger partial charge in [-0.1, -0.05) is 17.7 Å². The van der Waals surface area contributed by atoms with E-state index in [4.69, 9.17) is 11.6 Å². The van der Waals surface area contributed by atoms with Crippen LogP contribution >= 0.6 is 11.6 Å². The van der Waals surface area contributed by atoms with E-state index in [0.29, 0.717) is 16.9 Å². The topological polar surface area (TPSA) is 86.7 Å². The third-order valence-corrected chi connectivity index (χ3v) is 4.77. The highest BCUT2D eigenvalue weighted by atomic mass is 35.5. The summed E-state index contributed by atoms with van der Waals surface area (Å²) in [6, 6.07) is 3.93. The monoisotopic (exact) mass is 515 g/mol. The smallest absolute Gasteiger partial charge is 0.258 e. The van der Waals surface area contributed by atoms with Gasteiger partial charge in [0, 0.05) is 17.8 Å². The van der Waals surface area contributed by atoms with Crippen molar-refractivity contribution in [2.75, 3.05) is 0 Å². The summed E-state index contributed by atoms with van der Waals surface area (Å²) in [5, 5.41) is 13.4. The molecular formula is C18H10ClF8N5O2. The Balaban J connectivity index is 2.15. The minimum absolute atomic E-state index is 0.149. The zero-order chi connectivity index (χ0) is 25.6. The van der Waals surface area contributed by atoms with Crippen molar-refractivity contribution in [3.8, 4) is 11.5 Å². The zero-order valence-electron chi connectivity index (χ0n) is 16.5. The molecule has 0 saturated heterocycles. The van der Waals surface area contributed by atoms with E-state index >= 15 is 0 Å². The van der Waals surface area contributed by atoms with Crippen LogP contribution in [0.2, 0.25) is 5.02 Å². The van der Waals surface area contributed by atoms with E-state index in [1.807, 2.05) is 0 Å². The molecule has 0 aliphatic carbocycles. The molecule has 0 aliphatic heterocycles. The fourth-order valence-corrected chi connectivity index (χ4v) is 3.09. The number of nitro benzene ring substituents is 1. The van der Waals surface area contributed by atoms with Gasteiger partial charge < -0.3 is 0 Å². The van der Waals surface area contributed by atoms with Gasteiger partial charge in [-0.2, -0.15) is 35.1 Å². The average Bonchev–Trinajstić information content (AvgIpc) is 3.10. The van der Waals surface area contributed by atoms with Crippen LogP contribution in [-0.2, 0) is 18.6 Å². The first kappa shape index (κ1) is 25.3. The number of halogens is 9. The fraction of sp³-hybridized carbons (Fsp3) is 0.278. The number of hydrogen-bond donors (Lipinski definition) is 0. The van der Waals surface area contributed by atoms with Crippen molar-refractivity contribution in [2.24, 2.45) is 0 Å². The van der Waals surface area contributed by atoms with Crippen LogP contribution in [0.3, 0.4) is 0 Å². The number of aryl methyl sites for hydroxylation is 1. The predicted octanol–water partition coefficient (Wildman–Crippen LogP) is 5.93. The number of pyridine rings is 1. The van der Waals surface area contributed by atoms with Gasteiger partial charge >= 0.3 is 18.3 Å². The SMILES string of the molecule is Cc1cc(Cn2nc(C(F)(F)C(F)(F)F)nc2-c2ncc(C(F)(F)F)cc2Cl)ccc1[N+](=O)[O-]. The zero-order valence-corrected chi connectivity index (χ0v) is 17.3. The molecule has 0 amide bonds. The van der Waals surface area contributed by atoms with Crippen molar-refractivity contribution >= 4 is 17.3 Å². The van der Waals surface area contributed by atoms with Gasteiger partial charge in [-0.05, 0) is 24.6 Å². The highest BCUT2D eigenvalue weighted by molar-refractivity contribution is 6.32. The Kier molecular flexibility index (Phi) is 6.28. The molecule has 3 aromatic rings. The van der Waals surface area contributed by atoms with Crippen molar-refractivity contribution in [1.29, 1.82) is 0 Å². The molecule has 0 fully saturated rings. The molecule has 0 N–H and O–H groups in total. The molecule has 0 spiro atoms. The first-order chi connectivity index (χ1) is 15.5. The van der Waals surface area contributed by atoms with Gasteiger partial charge in [-0.25, -0.2) is 9.67 Å². The van der Waals surface area contributed by atoms with Crippen LogP contribution in [0, 0.1) is 17.0 Å². The second-order valence-corrected chi connectivity index (χ2v) is 7.33. The van der Waals surface area contributed by atoms with Gasteiger partial charge in [0.1, 0.15) is 5.69 Å². The molecule has 2 heterocycles. The van der Waals surface area contributed by atoms with Gasteiger partial charge in [0.25, 0.3) is 5.69 Å². The molecule has 0 saturated carbocycles. The Hall–Kier alpha value is -3.36. The third kappa shape index (κ3) is 4.78. The van der Waals surface area contributed by atoms with E-state index < -0.39 is 57.7 Å². The predicted molar refractivity (Wildman–Crippen MR) is 100 cm³/mol. The molecule has 7 nitrogen and oxygen atoms in total. The lowest BCUT2D eigenvalue weighted by Gasteiger charge is -2.15. The number of nitro groups is 1. The van der Waals surface area contributed by atoms with E-state index in [-0.39, 0.29) is 16.8 Å². The van der Waals surface area contributed by atoms with Crippen molar-refractivity contribution in [2.45, 2.75) is 31.7 Å². The number of rotatable bonds is 5. The molecule has 2 aromatic heterocycles. The van der Waals surface area contributed by atoms with E-state index in [0.717, 1.165) is 6.07 Å². The molecular weight excluding hydrogens is 506 g/mol. The average molecular weight is 516 g/mol.